The van der Waals surface area contributed by atoms with Crippen molar-refractivity contribution < 1.29 is 17.9 Å². The molecule has 0 radical (unpaired) electrons. The number of hydrogen-bond donors (Lipinski definition) is 2. The summed E-state index contributed by atoms with van der Waals surface area (Å²) in [5.74, 6) is 1.07. The fraction of sp³-hybridized carbons (Fsp3) is 0.600. The standard InChI is InChI=1S/C15H22N2O4S/c16-12-4-1-2-5-13(12)17-22(18,19)11-6-7-14-15(10-11)21-9-3-8-20-14/h6-7,10,12-13,17H,1-5,8-9,16H2/t12-,13-/m1/s1. The van der Waals surface area contributed by atoms with E-state index in [1.807, 2.05) is 0 Å². The third kappa shape index (κ3) is 3.37. The minimum absolute atomic E-state index is 0.121. The second kappa shape index (κ2) is 6.44. The molecule has 2 atom stereocenters. The van der Waals surface area contributed by atoms with Gasteiger partial charge < -0.3 is 15.2 Å². The van der Waals surface area contributed by atoms with Crippen LogP contribution in [-0.2, 0) is 10.0 Å². The summed E-state index contributed by atoms with van der Waals surface area (Å²) in [5, 5.41) is 0. The molecule has 0 unspecified atom stereocenters. The molecule has 1 aliphatic carbocycles. The van der Waals surface area contributed by atoms with E-state index in [9.17, 15) is 8.42 Å². The number of sulfonamides is 1. The highest BCUT2D eigenvalue weighted by atomic mass is 32.2. The van der Waals surface area contributed by atoms with Gasteiger partial charge in [0.2, 0.25) is 10.0 Å². The van der Waals surface area contributed by atoms with Crippen LogP contribution in [0.15, 0.2) is 23.1 Å². The largest absolute Gasteiger partial charge is 0.490 e. The third-order valence-corrected chi connectivity index (χ3v) is 5.64. The quantitative estimate of drug-likeness (QED) is 0.876. The summed E-state index contributed by atoms with van der Waals surface area (Å²) in [6.07, 6.45) is 4.48. The minimum atomic E-state index is -3.60. The highest BCUT2D eigenvalue weighted by Gasteiger charge is 2.28. The van der Waals surface area contributed by atoms with E-state index in [0.29, 0.717) is 24.7 Å². The minimum Gasteiger partial charge on any atom is -0.490 e. The zero-order chi connectivity index (χ0) is 15.6. The Morgan fingerprint density at radius 1 is 1.05 bits per heavy atom. The first-order valence-corrected chi connectivity index (χ1v) is 9.22. The summed E-state index contributed by atoms with van der Waals surface area (Å²) in [6.45, 7) is 1.10. The SMILES string of the molecule is N[C@@H]1CCCC[C@H]1NS(=O)(=O)c1ccc2c(c1)OCCCO2. The van der Waals surface area contributed by atoms with Crippen molar-refractivity contribution in [2.45, 2.75) is 49.1 Å². The van der Waals surface area contributed by atoms with E-state index in [-0.39, 0.29) is 17.0 Å². The van der Waals surface area contributed by atoms with Gasteiger partial charge in [-0.1, -0.05) is 12.8 Å². The maximum Gasteiger partial charge on any atom is 0.241 e. The molecule has 0 spiro atoms. The number of nitrogens with two attached hydrogens (primary N) is 1. The molecular formula is C15H22N2O4S. The zero-order valence-electron chi connectivity index (χ0n) is 12.5. The average Bonchev–Trinajstić information content (AvgIpc) is 2.74. The van der Waals surface area contributed by atoms with E-state index in [1.54, 1.807) is 12.1 Å². The van der Waals surface area contributed by atoms with Crippen LogP contribution in [0.5, 0.6) is 11.5 Å². The van der Waals surface area contributed by atoms with Gasteiger partial charge in [0, 0.05) is 24.6 Å². The lowest BCUT2D eigenvalue weighted by molar-refractivity contribution is 0.297. The number of benzene rings is 1. The van der Waals surface area contributed by atoms with Gasteiger partial charge >= 0.3 is 0 Å². The van der Waals surface area contributed by atoms with Crippen molar-refractivity contribution in [2.24, 2.45) is 5.73 Å². The Hall–Kier alpha value is -1.31. The molecule has 1 aromatic rings. The van der Waals surface area contributed by atoms with Crippen molar-refractivity contribution in [1.82, 2.24) is 4.72 Å². The van der Waals surface area contributed by atoms with Gasteiger partial charge in [-0.25, -0.2) is 13.1 Å². The fourth-order valence-electron chi connectivity index (χ4n) is 2.88. The smallest absolute Gasteiger partial charge is 0.241 e. The van der Waals surface area contributed by atoms with Crippen molar-refractivity contribution in [1.29, 1.82) is 0 Å². The molecule has 6 nitrogen and oxygen atoms in total. The first kappa shape index (κ1) is 15.6. The molecule has 1 fully saturated rings. The number of fused-ring (bicyclic) bond motifs is 1. The van der Waals surface area contributed by atoms with Crippen LogP contribution in [0.2, 0.25) is 0 Å². The molecule has 3 rings (SSSR count). The Balaban J connectivity index is 1.81. The van der Waals surface area contributed by atoms with Crippen LogP contribution in [-0.4, -0.2) is 33.7 Å². The lowest BCUT2D eigenvalue weighted by atomic mass is 9.92. The maximum absolute atomic E-state index is 12.6. The van der Waals surface area contributed by atoms with E-state index >= 15 is 0 Å². The van der Waals surface area contributed by atoms with Crippen LogP contribution in [0.25, 0.3) is 0 Å². The Kier molecular flexibility index (Phi) is 4.56. The first-order chi connectivity index (χ1) is 10.6. The van der Waals surface area contributed by atoms with E-state index in [4.69, 9.17) is 15.2 Å². The molecule has 0 aromatic heterocycles. The van der Waals surface area contributed by atoms with Gasteiger partial charge in [-0.05, 0) is 25.0 Å². The van der Waals surface area contributed by atoms with Gasteiger partial charge in [0.1, 0.15) is 0 Å². The molecule has 22 heavy (non-hydrogen) atoms. The molecule has 122 valence electrons. The van der Waals surface area contributed by atoms with Crippen LogP contribution < -0.4 is 19.9 Å². The van der Waals surface area contributed by atoms with E-state index < -0.39 is 10.0 Å². The Morgan fingerprint density at radius 3 is 2.55 bits per heavy atom. The second-order valence-electron chi connectivity index (χ2n) is 5.84. The van der Waals surface area contributed by atoms with E-state index in [2.05, 4.69) is 4.72 Å². The number of hydrogen-bond acceptors (Lipinski definition) is 5. The van der Waals surface area contributed by atoms with Gasteiger partial charge in [0.25, 0.3) is 0 Å². The van der Waals surface area contributed by atoms with Crippen LogP contribution in [0.1, 0.15) is 32.1 Å². The topological polar surface area (TPSA) is 90.7 Å². The summed E-state index contributed by atoms with van der Waals surface area (Å²) in [5.41, 5.74) is 6.02. The predicted molar refractivity (Wildman–Crippen MR) is 82.6 cm³/mol. The summed E-state index contributed by atoms with van der Waals surface area (Å²) >= 11 is 0. The molecule has 1 saturated carbocycles. The molecule has 1 aliphatic heterocycles. The first-order valence-electron chi connectivity index (χ1n) is 7.74. The van der Waals surface area contributed by atoms with Crippen molar-refractivity contribution in [3.8, 4) is 11.5 Å². The summed E-state index contributed by atoms with van der Waals surface area (Å²) in [6, 6.07) is 4.40. The van der Waals surface area contributed by atoms with Crippen LogP contribution in [0.4, 0.5) is 0 Å². The molecule has 7 heteroatoms. The molecule has 1 heterocycles. The van der Waals surface area contributed by atoms with Gasteiger partial charge in [-0.15, -0.1) is 0 Å². The van der Waals surface area contributed by atoms with Crippen molar-refractivity contribution in [2.75, 3.05) is 13.2 Å². The third-order valence-electron chi connectivity index (χ3n) is 4.16. The lowest BCUT2D eigenvalue weighted by Crippen LogP contribution is -2.49. The highest BCUT2D eigenvalue weighted by Crippen LogP contribution is 2.32. The van der Waals surface area contributed by atoms with Crippen molar-refractivity contribution >= 4 is 10.0 Å². The molecule has 0 amide bonds. The van der Waals surface area contributed by atoms with Gasteiger partial charge in [0.05, 0.1) is 18.1 Å². The molecule has 0 bridgehead atoms. The maximum atomic E-state index is 12.6. The Bertz CT molecular complexity index is 632. The van der Waals surface area contributed by atoms with Gasteiger partial charge in [0.15, 0.2) is 11.5 Å². The summed E-state index contributed by atoms with van der Waals surface area (Å²) in [7, 11) is -3.60. The van der Waals surface area contributed by atoms with E-state index in [1.165, 1.54) is 6.07 Å². The fourth-order valence-corrected chi connectivity index (χ4v) is 4.22. The molecular weight excluding hydrogens is 304 g/mol. The Morgan fingerprint density at radius 2 is 1.77 bits per heavy atom. The summed E-state index contributed by atoms with van der Waals surface area (Å²) in [4.78, 5) is 0.189. The van der Waals surface area contributed by atoms with Gasteiger partial charge in [-0.2, -0.15) is 0 Å². The van der Waals surface area contributed by atoms with Crippen molar-refractivity contribution in [3.05, 3.63) is 18.2 Å². The van der Waals surface area contributed by atoms with Crippen LogP contribution in [0, 0.1) is 0 Å². The monoisotopic (exact) mass is 326 g/mol. The molecule has 2 aliphatic rings. The zero-order valence-corrected chi connectivity index (χ0v) is 13.3. The Labute approximate surface area is 131 Å². The highest BCUT2D eigenvalue weighted by molar-refractivity contribution is 7.89. The van der Waals surface area contributed by atoms with Crippen molar-refractivity contribution in [3.63, 3.8) is 0 Å². The van der Waals surface area contributed by atoms with E-state index in [0.717, 1.165) is 32.1 Å². The van der Waals surface area contributed by atoms with Crippen LogP contribution >= 0.6 is 0 Å². The number of ether oxygens (including phenoxy) is 2. The lowest BCUT2D eigenvalue weighted by Gasteiger charge is -2.29. The predicted octanol–water partition coefficient (Wildman–Crippen LogP) is 1.40. The molecule has 3 N–H and O–H groups in total. The molecule has 1 aromatic carbocycles. The normalized spacial score (nSPS) is 25.5. The second-order valence-corrected chi connectivity index (χ2v) is 7.55. The van der Waals surface area contributed by atoms with Crippen LogP contribution in [0.3, 0.4) is 0 Å². The number of rotatable bonds is 3. The molecule has 0 saturated heterocycles. The van der Waals surface area contributed by atoms with Gasteiger partial charge in [-0.3, -0.25) is 0 Å². The average molecular weight is 326 g/mol. The summed E-state index contributed by atoms with van der Waals surface area (Å²) < 4.78 is 38.9. The number of nitrogens with one attached hydrogen (secondary N) is 1.